The SMILES string of the molecule is ClCc1nnc(-c2ccc(I)cc2)s1. The van der Waals surface area contributed by atoms with Crippen LogP contribution in [0.4, 0.5) is 0 Å². The van der Waals surface area contributed by atoms with Crippen molar-refractivity contribution in [1.29, 1.82) is 0 Å². The van der Waals surface area contributed by atoms with Crippen LogP contribution in [0.2, 0.25) is 0 Å². The minimum Gasteiger partial charge on any atom is -0.142 e. The molecule has 2 rings (SSSR count). The summed E-state index contributed by atoms with van der Waals surface area (Å²) in [5.41, 5.74) is 1.10. The Balaban J connectivity index is 2.34. The van der Waals surface area contributed by atoms with E-state index in [9.17, 15) is 0 Å². The fourth-order valence-electron chi connectivity index (χ4n) is 1.02. The Kier molecular flexibility index (Phi) is 3.35. The predicted molar refractivity (Wildman–Crippen MR) is 67.6 cm³/mol. The molecule has 0 amide bonds. The van der Waals surface area contributed by atoms with Crippen LogP contribution in [0, 0.1) is 3.57 Å². The highest BCUT2D eigenvalue weighted by Gasteiger charge is 2.04. The van der Waals surface area contributed by atoms with Crippen molar-refractivity contribution in [3.8, 4) is 10.6 Å². The largest absolute Gasteiger partial charge is 0.147 e. The van der Waals surface area contributed by atoms with Crippen molar-refractivity contribution in [3.63, 3.8) is 0 Å². The summed E-state index contributed by atoms with van der Waals surface area (Å²) in [6, 6.07) is 8.19. The van der Waals surface area contributed by atoms with Crippen LogP contribution in [0.25, 0.3) is 10.6 Å². The summed E-state index contributed by atoms with van der Waals surface area (Å²) in [6.45, 7) is 0. The highest BCUT2D eigenvalue weighted by Crippen LogP contribution is 2.24. The van der Waals surface area contributed by atoms with Crippen LogP contribution in [0.5, 0.6) is 0 Å². The first-order valence-electron chi connectivity index (χ1n) is 3.94. The van der Waals surface area contributed by atoms with Gasteiger partial charge in [0.15, 0.2) is 0 Å². The van der Waals surface area contributed by atoms with Gasteiger partial charge in [-0.2, -0.15) is 0 Å². The highest BCUT2D eigenvalue weighted by atomic mass is 127. The summed E-state index contributed by atoms with van der Waals surface area (Å²) in [5, 5.41) is 9.83. The Morgan fingerprint density at radius 3 is 2.50 bits per heavy atom. The highest BCUT2D eigenvalue weighted by molar-refractivity contribution is 14.1. The van der Waals surface area contributed by atoms with Gasteiger partial charge in [0.05, 0.1) is 5.88 Å². The van der Waals surface area contributed by atoms with Gasteiger partial charge in [0, 0.05) is 9.13 Å². The van der Waals surface area contributed by atoms with Crippen LogP contribution in [0.3, 0.4) is 0 Å². The smallest absolute Gasteiger partial charge is 0.142 e. The molecule has 0 aliphatic rings. The first-order chi connectivity index (χ1) is 6.79. The molecular formula is C9H6ClIN2S. The van der Waals surface area contributed by atoms with E-state index in [0.29, 0.717) is 5.88 Å². The van der Waals surface area contributed by atoms with Crippen LogP contribution in [0.1, 0.15) is 5.01 Å². The third kappa shape index (κ3) is 2.24. The second-order valence-electron chi connectivity index (χ2n) is 2.64. The van der Waals surface area contributed by atoms with Crippen molar-refractivity contribution in [3.05, 3.63) is 32.8 Å². The van der Waals surface area contributed by atoms with Crippen molar-refractivity contribution in [2.24, 2.45) is 0 Å². The molecule has 14 heavy (non-hydrogen) atoms. The summed E-state index contributed by atoms with van der Waals surface area (Å²) in [5.74, 6) is 0.433. The van der Waals surface area contributed by atoms with Gasteiger partial charge < -0.3 is 0 Å². The topological polar surface area (TPSA) is 25.8 Å². The fourth-order valence-corrected chi connectivity index (χ4v) is 2.29. The van der Waals surface area contributed by atoms with E-state index in [-0.39, 0.29) is 0 Å². The second-order valence-corrected chi connectivity index (χ2v) is 5.22. The molecule has 5 heteroatoms. The zero-order valence-electron chi connectivity index (χ0n) is 7.08. The molecule has 0 bridgehead atoms. The fraction of sp³-hybridized carbons (Fsp3) is 0.111. The minimum atomic E-state index is 0.433. The lowest BCUT2D eigenvalue weighted by molar-refractivity contribution is 1.04. The monoisotopic (exact) mass is 336 g/mol. The van der Waals surface area contributed by atoms with Gasteiger partial charge in [-0.1, -0.05) is 23.5 Å². The lowest BCUT2D eigenvalue weighted by atomic mass is 10.2. The first kappa shape index (κ1) is 10.3. The van der Waals surface area contributed by atoms with Crippen LogP contribution in [-0.4, -0.2) is 10.2 Å². The van der Waals surface area contributed by atoms with E-state index in [1.54, 1.807) is 0 Å². The van der Waals surface area contributed by atoms with E-state index in [1.807, 2.05) is 12.1 Å². The molecule has 0 atom stereocenters. The molecule has 1 aromatic carbocycles. The number of alkyl halides is 1. The molecule has 2 nitrogen and oxygen atoms in total. The summed E-state index contributed by atoms with van der Waals surface area (Å²) < 4.78 is 1.22. The molecule has 0 aliphatic heterocycles. The minimum absolute atomic E-state index is 0.433. The van der Waals surface area contributed by atoms with Gasteiger partial charge in [-0.15, -0.1) is 21.8 Å². The second kappa shape index (κ2) is 4.55. The quantitative estimate of drug-likeness (QED) is 0.619. The van der Waals surface area contributed by atoms with E-state index in [2.05, 4.69) is 44.9 Å². The normalized spacial score (nSPS) is 10.4. The molecule has 0 saturated carbocycles. The Bertz CT molecular complexity index is 427. The molecular weight excluding hydrogens is 331 g/mol. The number of hydrogen-bond donors (Lipinski definition) is 0. The van der Waals surface area contributed by atoms with Gasteiger partial charge in [-0.25, -0.2) is 0 Å². The number of halogens is 2. The van der Waals surface area contributed by atoms with E-state index in [0.717, 1.165) is 15.6 Å². The van der Waals surface area contributed by atoms with Crippen molar-refractivity contribution < 1.29 is 0 Å². The van der Waals surface area contributed by atoms with Crippen molar-refractivity contribution in [1.82, 2.24) is 10.2 Å². The van der Waals surface area contributed by atoms with Gasteiger partial charge >= 0.3 is 0 Å². The lowest BCUT2D eigenvalue weighted by Crippen LogP contribution is -1.77. The molecule has 1 aromatic heterocycles. The maximum Gasteiger partial charge on any atom is 0.147 e. The Labute approximate surface area is 104 Å². The molecule has 0 N–H and O–H groups in total. The average Bonchev–Trinajstić information content (AvgIpc) is 2.67. The number of nitrogens with zero attached hydrogens (tertiary/aromatic N) is 2. The number of aromatic nitrogens is 2. The summed E-state index contributed by atoms with van der Waals surface area (Å²) in [7, 11) is 0. The van der Waals surface area contributed by atoms with Crippen molar-refractivity contribution >= 4 is 45.5 Å². The van der Waals surface area contributed by atoms with Gasteiger partial charge in [0.25, 0.3) is 0 Å². The molecule has 0 unspecified atom stereocenters. The molecule has 1 heterocycles. The lowest BCUT2D eigenvalue weighted by Gasteiger charge is -1.94. The predicted octanol–water partition coefficient (Wildman–Crippen LogP) is 3.55. The Morgan fingerprint density at radius 2 is 1.93 bits per heavy atom. The van der Waals surface area contributed by atoms with Gasteiger partial charge in [-0.05, 0) is 34.7 Å². The number of hydrogen-bond acceptors (Lipinski definition) is 3. The molecule has 0 aliphatic carbocycles. The maximum atomic E-state index is 5.66. The zero-order valence-corrected chi connectivity index (χ0v) is 10.8. The van der Waals surface area contributed by atoms with Gasteiger partial charge in [-0.3, -0.25) is 0 Å². The third-order valence-electron chi connectivity index (χ3n) is 1.67. The van der Waals surface area contributed by atoms with E-state index >= 15 is 0 Å². The van der Waals surface area contributed by atoms with Crippen LogP contribution in [-0.2, 0) is 5.88 Å². The summed E-state index contributed by atoms with van der Waals surface area (Å²) in [4.78, 5) is 0. The molecule has 72 valence electrons. The standard InChI is InChI=1S/C9H6ClIN2S/c10-5-8-12-13-9(14-8)6-1-3-7(11)4-2-6/h1-4H,5H2. The van der Waals surface area contributed by atoms with Gasteiger partial charge in [0.2, 0.25) is 0 Å². The third-order valence-corrected chi connectivity index (χ3v) is 3.78. The van der Waals surface area contributed by atoms with E-state index in [1.165, 1.54) is 14.9 Å². The molecule has 0 fully saturated rings. The molecule has 0 saturated heterocycles. The van der Waals surface area contributed by atoms with E-state index < -0.39 is 0 Å². The molecule has 0 spiro atoms. The van der Waals surface area contributed by atoms with Crippen molar-refractivity contribution in [2.75, 3.05) is 0 Å². The summed E-state index contributed by atoms with van der Waals surface area (Å²) >= 11 is 9.47. The summed E-state index contributed by atoms with van der Waals surface area (Å²) in [6.07, 6.45) is 0. The van der Waals surface area contributed by atoms with Crippen LogP contribution < -0.4 is 0 Å². The van der Waals surface area contributed by atoms with Crippen LogP contribution >= 0.6 is 45.5 Å². The van der Waals surface area contributed by atoms with Crippen molar-refractivity contribution in [2.45, 2.75) is 5.88 Å². The Morgan fingerprint density at radius 1 is 1.21 bits per heavy atom. The Hall–Kier alpha value is -0.200. The number of benzene rings is 1. The van der Waals surface area contributed by atoms with E-state index in [4.69, 9.17) is 11.6 Å². The zero-order chi connectivity index (χ0) is 9.97. The van der Waals surface area contributed by atoms with Crippen LogP contribution in [0.15, 0.2) is 24.3 Å². The number of rotatable bonds is 2. The molecule has 2 aromatic rings. The van der Waals surface area contributed by atoms with Gasteiger partial charge in [0.1, 0.15) is 10.0 Å². The first-order valence-corrected chi connectivity index (χ1v) is 6.37. The molecule has 0 radical (unpaired) electrons. The average molecular weight is 337 g/mol. The maximum absolute atomic E-state index is 5.66.